The molecule has 92 valence electrons. The highest BCUT2D eigenvalue weighted by molar-refractivity contribution is 4.82. The van der Waals surface area contributed by atoms with Crippen molar-refractivity contribution in [2.75, 3.05) is 13.2 Å². The Kier molecular flexibility index (Phi) is 5.36. The Labute approximate surface area is 99.0 Å². The van der Waals surface area contributed by atoms with Gasteiger partial charge in [0.05, 0.1) is 25.4 Å². The molecule has 0 aromatic rings. The lowest BCUT2D eigenvalue weighted by Crippen LogP contribution is -1.85. The van der Waals surface area contributed by atoms with Crippen molar-refractivity contribution < 1.29 is 9.47 Å². The molecule has 0 aromatic heterocycles. The Morgan fingerprint density at radius 2 is 1.19 bits per heavy atom. The first-order valence-corrected chi connectivity index (χ1v) is 6.83. The Balaban J connectivity index is 1.28. The van der Waals surface area contributed by atoms with Crippen molar-refractivity contribution in [3.63, 3.8) is 0 Å². The largest absolute Gasteiger partial charge is 0.373 e. The Bertz CT molecular complexity index is 183. The van der Waals surface area contributed by atoms with Crippen molar-refractivity contribution in [3.05, 3.63) is 12.2 Å². The number of hydrogen-bond acceptors (Lipinski definition) is 2. The molecule has 2 nitrogen and oxygen atoms in total. The monoisotopic (exact) mass is 224 g/mol. The van der Waals surface area contributed by atoms with Crippen LogP contribution in [0.5, 0.6) is 0 Å². The highest BCUT2D eigenvalue weighted by Gasteiger charge is 2.21. The average molecular weight is 224 g/mol. The van der Waals surface area contributed by atoms with Gasteiger partial charge in [-0.25, -0.2) is 0 Å². The van der Waals surface area contributed by atoms with Gasteiger partial charge in [0.2, 0.25) is 0 Å². The molecule has 2 unspecified atom stereocenters. The van der Waals surface area contributed by atoms with E-state index in [1.54, 1.807) is 0 Å². The average Bonchev–Trinajstić information content (AvgIpc) is 3.14. The predicted molar refractivity (Wildman–Crippen MR) is 65.6 cm³/mol. The van der Waals surface area contributed by atoms with Gasteiger partial charge in [0.15, 0.2) is 0 Å². The molecule has 2 aliphatic heterocycles. The number of epoxide rings is 2. The second-order valence-electron chi connectivity index (χ2n) is 4.95. The zero-order chi connectivity index (χ0) is 11.1. The first-order valence-electron chi connectivity index (χ1n) is 6.83. The van der Waals surface area contributed by atoms with E-state index in [9.17, 15) is 0 Å². The van der Waals surface area contributed by atoms with Gasteiger partial charge in [-0.05, 0) is 38.5 Å². The summed E-state index contributed by atoms with van der Waals surface area (Å²) in [6, 6.07) is 0. The van der Waals surface area contributed by atoms with Crippen molar-refractivity contribution in [2.45, 2.75) is 63.6 Å². The van der Waals surface area contributed by atoms with Crippen molar-refractivity contribution in [3.8, 4) is 0 Å². The van der Waals surface area contributed by atoms with Gasteiger partial charge in [0.25, 0.3) is 0 Å². The van der Waals surface area contributed by atoms with E-state index in [2.05, 4.69) is 12.2 Å². The van der Waals surface area contributed by atoms with Gasteiger partial charge in [-0.15, -0.1) is 0 Å². The van der Waals surface area contributed by atoms with Crippen LogP contribution in [0, 0.1) is 0 Å². The lowest BCUT2D eigenvalue weighted by molar-refractivity contribution is 0.389. The second kappa shape index (κ2) is 7.08. The molecule has 0 N–H and O–H groups in total. The highest BCUT2D eigenvalue weighted by atomic mass is 16.6. The maximum absolute atomic E-state index is 5.18. The van der Waals surface area contributed by atoms with Gasteiger partial charge >= 0.3 is 0 Å². The highest BCUT2D eigenvalue weighted by Crippen LogP contribution is 2.18. The van der Waals surface area contributed by atoms with Crippen molar-refractivity contribution >= 4 is 0 Å². The van der Waals surface area contributed by atoms with Crippen molar-refractivity contribution in [2.24, 2.45) is 0 Å². The molecule has 2 heteroatoms. The molecule has 0 amide bonds. The van der Waals surface area contributed by atoms with Crippen LogP contribution >= 0.6 is 0 Å². The van der Waals surface area contributed by atoms with Crippen LogP contribution in [0.25, 0.3) is 0 Å². The van der Waals surface area contributed by atoms with Crippen molar-refractivity contribution in [1.82, 2.24) is 0 Å². The van der Waals surface area contributed by atoms with E-state index in [-0.39, 0.29) is 0 Å². The number of rotatable bonds is 10. The second-order valence-corrected chi connectivity index (χ2v) is 4.95. The van der Waals surface area contributed by atoms with Crippen LogP contribution in [0.1, 0.15) is 51.4 Å². The molecule has 2 atom stereocenters. The van der Waals surface area contributed by atoms with E-state index in [4.69, 9.17) is 9.47 Å². The molecule has 2 fully saturated rings. The van der Waals surface area contributed by atoms with Crippen LogP contribution in [0.2, 0.25) is 0 Å². The lowest BCUT2D eigenvalue weighted by Gasteiger charge is -1.95. The maximum atomic E-state index is 5.18. The van der Waals surface area contributed by atoms with Gasteiger partial charge in [0.1, 0.15) is 0 Å². The fourth-order valence-corrected chi connectivity index (χ4v) is 1.97. The standard InChI is InChI=1S/C14H24O2/c1(3-5-7-9-13-11-15-13)2-4-6-8-10-14-12-16-14/h1-2,13-14H,3-12H2/b2-1-. The Morgan fingerprint density at radius 1 is 0.750 bits per heavy atom. The lowest BCUT2D eigenvalue weighted by atomic mass is 10.1. The zero-order valence-electron chi connectivity index (χ0n) is 10.2. The summed E-state index contributed by atoms with van der Waals surface area (Å²) in [6.45, 7) is 2.03. The molecule has 0 bridgehead atoms. The Hall–Kier alpha value is -0.340. The van der Waals surface area contributed by atoms with Crippen LogP contribution in [0.3, 0.4) is 0 Å². The predicted octanol–water partition coefficient (Wildman–Crippen LogP) is 3.46. The van der Waals surface area contributed by atoms with Gasteiger partial charge in [-0.2, -0.15) is 0 Å². The van der Waals surface area contributed by atoms with Crippen molar-refractivity contribution in [1.29, 1.82) is 0 Å². The van der Waals surface area contributed by atoms with Crippen LogP contribution in [-0.4, -0.2) is 25.4 Å². The molecular formula is C14H24O2. The molecule has 16 heavy (non-hydrogen) atoms. The van der Waals surface area contributed by atoms with Crippen LogP contribution < -0.4 is 0 Å². The van der Waals surface area contributed by atoms with Crippen LogP contribution in [0.4, 0.5) is 0 Å². The Morgan fingerprint density at radius 3 is 1.56 bits per heavy atom. The summed E-state index contributed by atoms with van der Waals surface area (Å²) in [7, 11) is 0. The first kappa shape index (κ1) is 12.1. The fraction of sp³-hybridized carbons (Fsp3) is 0.857. The molecule has 2 aliphatic rings. The summed E-state index contributed by atoms with van der Waals surface area (Å²) >= 11 is 0. The minimum absolute atomic E-state index is 0.619. The minimum atomic E-state index is 0.619. The molecule has 2 saturated heterocycles. The number of allylic oxidation sites excluding steroid dienone is 2. The molecular weight excluding hydrogens is 200 g/mol. The van der Waals surface area contributed by atoms with Crippen LogP contribution in [0.15, 0.2) is 12.2 Å². The summed E-state index contributed by atoms with van der Waals surface area (Å²) in [5.74, 6) is 0. The number of unbranched alkanes of at least 4 members (excludes halogenated alkanes) is 4. The molecule has 0 spiro atoms. The number of hydrogen-bond donors (Lipinski definition) is 0. The quantitative estimate of drug-likeness (QED) is 0.322. The van der Waals surface area contributed by atoms with Gasteiger partial charge in [0, 0.05) is 0 Å². The molecule has 2 heterocycles. The fourth-order valence-electron chi connectivity index (χ4n) is 1.97. The summed E-state index contributed by atoms with van der Waals surface area (Å²) in [6.07, 6.45) is 16.3. The third-order valence-electron chi connectivity index (χ3n) is 3.27. The van der Waals surface area contributed by atoms with E-state index in [0.29, 0.717) is 12.2 Å². The first-order chi connectivity index (χ1) is 7.95. The maximum Gasteiger partial charge on any atom is 0.0810 e. The van der Waals surface area contributed by atoms with Crippen LogP contribution in [-0.2, 0) is 9.47 Å². The third-order valence-corrected chi connectivity index (χ3v) is 3.27. The van der Waals surface area contributed by atoms with E-state index >= 15 is 0 Å². The molecule has 2 rings (SSSR count). The minimum Gasteiger partial charge on any atom is -0.373 e. The molecule has 0 aliphatic carbocycles. The number of ether oxygens (including phenoxy) is 2. The van der Waals surface area contributed by atoms with Gasteiger partial charge < -0.3 is 9.47 Å². The topological polar surface area (TPSA) is 25.1 Å². The van der Waals surface area contributed by atoms with E-state index in [0.717, 1.165) is 13.2 Å². The van der Waals surface area contributed by atoms with Gasteiger partial charge in [-0.3, -0.25) is 0 Å². The van der Waals surface area contributed by atoms with E-state index < -0.39 is 0 Å². The molecule has 0 radical (unpaired) electrons. The third kappa shape index (κ3) is 6.29. The molecule has 0 saturated carbocycles. The summed E-state index contributed by atoms with van der Waals surface area (Å²) in [4.78, 5) is 0. The zero-order valence-corrected chi connectivity index (χ0v) is 10.2. The van der Waals surface area contributed by atoms with E-state index in [1.165, 1.54) is 51.4 Å². The van der Waals surface area contributed by atoms with Gasteiger partial charge in [-0.1, -0.05) is 25.0 Å². The summed E-state index contributed by atoms with van der Waals surface area (Å²) < 4.78 is 10.4. The smallest absolute Gasteiger partial charge is 0.0810 e. The van der Waals surface area contributed by atoms with E-state index in [1.807, 2.05) is 0 Å². The SMILES string of the molecule is C(=C/CCCCC1CO1)/CCCCC1CO1. The summed E-state index contributed by atoms with van der Waals surface area (Å²) in [5.41, 5.74) is 0. The normalized spacial score (nSPS) is 27.5. The molecule has 0 aromatic carbocycles. The summed E-state index contributed by atoms with van der Waals surface area (Å²) in [5, 5.41) is 0.